The van der Waals surface area contributed by atoms with Crippen LogP contribution in [-0.2, 0) is 11.8 Å². The third kappa shape index (κ3) is 4.01. The molecule has 0 spiro atoms. The highest BCUT2D eigenvalue weighted by molar-refractivity contribution is 9.10. The number of rotatable bonds is 3. The molecule has 0 aromatic carbocycles. The van der Waals surface area contributed by atoms with Crippen LogP contribution in [0.2, 0.25) is 5.02 Å². The van der Waals surface area contributed by atoms with Crippen LogP contribution in [0, 0.1) is 5.92 Å². The first-order valence-electron chi connectivity index (χ1n) is 7.85. The SMILES string of the molecule is Cn1ncc(N2CCC(C(=O)Nc3ccc(Br)cn3)CC2)c(Cl)c1=O. The summed E-state index contributed by atoms with van der Waals surface area (Å²) in [6.45, 7) is 1.28. The van der Waals surface area contributed by atoms with Gasteiger partial charge in [0.15, 0.2) is 0 Å². The summed E-state index contributed by atoms with van der Waals surface area (Å²) in [5.74, 6) is 0.400. The average molecular weight is 427 g/mol. The van der Waals surface area contributed by atoms with Crippen molar-refractivity contribution in [2.45, 2.75) is 12.8 Å². The van der Waals surface area contributed by atoms with E-state index in [2.05, 4.69) is 31.3 Å². The van der Waals surface area contributed by atoms with Gasteiger partial charge in [-0.15, -0.1) is 0 Å². The number of hydrogen-bond acceptors (Lipinski definition) is 5. The fraction of sp³-hybridized carbons (Fsp3) is 0.375. The highest BCUT2D eigenvalue weighted by Crippen LogP contribution is 2.27. The Morgan fingerprint density at radius 2 is 2.04 bits per heavy atom. The molecular weight excluding hydrogens is 410 g/mol. The number of anilines is 2. The Morgan fingerprint density at radius 3 is 2.68 bits per heavy atom. The number of amides is 1. The van der Waals surface area contributed by atoms with Gasteiger partial charge >= 0.3 is 0 Å². The van der Waals surface area contributed by atoms with Crippen LogP contribution in [0.15, 0.2) is 33.8 Å². The first-order chi connectivity index (χ1) is 12.0. The molecule has 0 saturated carbocycles. The lowest BCUT2D eigenvalue weighted by Gasteiger charge is -2.33. The fourth-order valence-electron chi connectivity index (χ4n) is 2.78. The van der Waals surface area contributed by atoms with Gasteiger partial charge in [0.1, 0.15) is 10.8 Å². The standard InChI is InChI=1S/C16H17BrClN5O2/c1-22-16(25)14(18)12(9-20-22)23-6-4-10(5-7-23)15(24)21-13-3-2-11(17)8-19-13/h2-3,8-10H,4-7H2,1H3,(H,19,21,24). The third-order valence-electron chi connectivity index (χ3n) is 4.24. The third-order valence-corrected chi connectivity index (χ3v) is 5.07. The molecule has 3 rings (SSSR count). The number of pyridine rings is 1. The Balaban J connectivity index is 1.62. The highest BCUT2D eigenvalue weighted by Gasteiger charge is 2.27. The van der Waals surface area contributed by atoms with Gasteiger partial charge in [0.2, 0.25) is 5.91 Å². The molecule has 25 heavy (non-hydrogen) atoms. The molecule has 1 aliphatic heterocycles. The molecule has 0 radical (unpaired) electrons. The number of carbonyl (C=O) groups excluding carboxylic acids is 1. The van der Waals surface area contributed by atoms with Gasteiger partial charge < -0.3 is 10.2 Å². The monoisotopic (exact) mass is 425 g/mol. The van der Waals surface area contributed by atoms with Crippen molar-refractivity contribution in [3.8, 4) is 0 Å². The fourth-order valence-corrected chi connectivity index (χ4v) is 3.31. The number of halogens is 2. The van der Waals surface area contributed by atoms with E-state index < -0.39 is 0 Å². The summed E-state index contributed by atoms with van der Waals surface area (Å²) in [7, 11) is 1.56. The van der Waals surface area contributed by atoms with Gasteiger partial charge in [0.05, 0.1) is 11.9 Å². The molecule has 1 N–H and O–H groups in total. The molecule has 1 fully saturated rings. The van der Waals surface area contributed by atoms with Gasteiger partial charge in [-0.3, -0.25) is 9.59 Å². The van der Waals surface area contributed by atoms with Crippen molar-refractivity contribution in [2.75, 3.05) is 23.3 Å². The van der Waals surface area contributed by atoms with Gasteiger partial charge in [0.25, 0.3) is 5.56 Å². The zero-order chi connectivity index (χ0) is 18.0. The molecule has 1 saturated heterocycles. The van der Waals surface area contributed by atoms with Crippen molar-refractivity contribution in [2.24, 2.45) is 13.0 Å². The van der Waals surface area contributed by atoms with Crippen molar-refractivity contribution in [1.29, 1.82) is 0 Å². The lowest BCUT2D eigenvalue weighted by molar-refractivity contribution is -0.120. The minimum Gasteiger partial charge on any atom is -0.369 e. The maximum Gasteiger partial charge on any atom is 0.287 e. The predicted molar refractivity (Wildman–Crippen MR) is 100.0 cm³/mol. The van der Waals surface area contributed by atoms with Crippen molar-refractivity contribution in [1.82, 2.24) is 14.8 Å². The van der Waals surface area contributed by atoms with Crippen molar-refractivity contribution in [3.63, 3.8) is 0 Å². The summed E-state index contributed by atoms with van der Waals surface area (Å²) in [6.07, 6.45) is 4.58. The zero-order valence-electron chi connectivity index (χ0n) is 13.6. The van der Waals surface area contributed by atoms with E-state index in [9.17, 15) is 9.59 Å². The Hall–Kier alpha value is -1.93. The normalized spacial score (nSPS) is 15.2. The Kier molecular flexibility index (Phi) is 5.39. The minimum absolute atomic E-state index is 0.0392. The van der Waals surface area contributed by atoms with Crippen LogP contribution < -0.4 is 15.8 Å². The molecule has 132 valence electrons. The van der Waals surface area contributed by atoms with Crippen LogP contribution >= 0.6 is 27.5 Å². The summed E-state index contributed by atoms with van der Waals surface area (Å²) >= 11 is 9.46. The number of piperidine rings is 1. The van der Waals surface area contributed by atoms with E-state index in [1.807, 2.05) is 11.0 Å². The summed E-state index contributed by atoms with van der Waals surface area (Å²) in [5.41, 5.74) is 0.304. The molecule has 2 aromatic heterocycles. The largest absolute Gasteiger partial charge is 0.369 e. The van der Waals surface area contributed by atoms with E-state index >= 15 is 0 Å². The van der Waals surface area contributed by atoms with E-state index in [-0.39, 0.29) is 22.4 Å². The zero-order valence-corrected chi connectivity index (χ0v) is 15.9. The molecule has 9 heteroatoms. The first kappa shape index (κ1) is 17.9. The molecule has 2 aromatic rings. The molecule has 0 atom stereocenters. The number of carbonyl (C=O) groups is 1. The lowest BCUT2D eigenvalue weighted by atomic mass is 9.95. The summed E-state index contributed by atoms with van der Waals surface area (Å²) in [5, 5.41) is 7.02. The number of nitrogens with one attached hydrogen (secondary N) is 1. The van der Waals surface area contributed by atoms with Crippen molar-refractivity contribution >= 4 is 44.9 Å². The van der Waals surface area contributed by atoms with Crippen LogP contribution in [0.5, 0.6) is 0 Å². The molecule has 1 amide bonds. The number of nitrogens with zero attached hydrogens (tertiary/aromatic N) is 4. The molecule has 0 aliphatic carbocycles. The van der Waals surface area contributed by atoms with Gasteiger partial charge in [0, 0.05) is 36.7 Å². The quantitative estimate of drug-likeness (QED) is 0.815. The highest BCUT2D eigenvalue weighted by atomic mass is 79.9. The van der Waals surface area contributed by atoms with Crippen LogP contribution in [0.25, 0.3) is 0 Å². The smallest absolute Gasteiger partial charge is 0.287 e. The molecule has 1 aliphatic rings. The average Bonchev–Trinajstić information content (AvgIpc) is 2.62. The van der Waals surface area contributed by atoms with Gasteiger partial charge in [-0.1, -0.05) is 11.6 Å². The summed E-state index contributed by atoms with van der Waals surface area (Å²) < 4.78 is 2.07. The topological polar surface area (TPSA) is 80.1 Å². The molecule has 3 heterocycles. The van der Waals surface area contributed by atoms with Crippen molar-refractivity contribution < 1.29 is 4.79 Å². The van der Waals surface area contributed by atoms with Crippen molar-refractivity contribution in [3.05, 3.63) is 44.4 Å². The molecular formula is C16H17BrClN5O2. The Labute approximate surface area is 158 Å². The molecule has 0 unspecified atom stereocenters. The van der Waals surface area contributed by atoms with Crippen LogP contribution in [0.4, 0.5) is 11.5 Å². The number of aromatic nitrogens is 3. The maximum absolute atomic E-state index is 12.4. The second-order valence-electron chi connectivity index (χ2n) is 5.88. The minimum atomic E-state index is -0.319. The Morgan fingerprint density at radius 1 is 1.32 bits per heavy atom. The lowest BCUT2D eigenvalue weighted by Crippen LogP contribution is -2.39. The van der Waals surface area contributed by atoms with Gasteiger partial charge in [-0.05, 0) is 40.9 Å². The van der Waals surface area contributed by atoms with E-state index in [1.54, 1.807) is 25.5 Å². The second kappa shape index (κ2) is 7.53. The Bertz CT molecular complexity index is 831. The van der Waals surface area contributed by atoms with Gasteiger partial charge in [-0.2, -0.15) is 5.10 Å². The predicted octanol–water partition coefficient (Wildman–Crippen LogP) is 2.45. The van der Waals surface area contributed by atoms with E-state index in [0.717, 1.165) is 4.47 Å². The van der Waals surface area contributed by atoms with E-state index in [0.29, 0.717) is 37.4 Å². The summed E-state index contributed by atoms with van der Waals surface area (Å²) in [4.78, 5) is 30.4. The van der Waals surface area contributed by atoms with Gasteiger partial charge in [-0.25, -0.2) is 9.67 Å². The number of hydrogen-bond donors (Lipinski definition) is 1. The second-order valence-corrected chi connectivity index (χ2v) is 7.18. The maximum atomic E-state index is 12.4. The van der Waals surface area contributed by atoms with Crippen LogP contribution in [0.1, 0.15) is 12.8 Å². The van der Waals surface area contributed by atoms with Crippen LogP contribution in [-0.4, -0.2) is 33.8 Å². The first-order valence-corrected chi connectivity index (χ1v) is 9.02. The molecule has 7 nitrogen and oxygen atoms in total. The molecule has 0 bridgehead atoms. The number of aryl methyl sites for hydroxylation is 1. The summed E-state index contributed by atoms with van der Waals surface area (Å²) in [6, 6.07) is 3.58. The van der Waals surface area contributed by atoms with E-state index in [4.69, 9.17) is 11.6 Å². The van der Waals surface area contributed by atoms with Crippen LogP contribution in [0.3, 0.4) is 0 Å². The van der Waals surface area contributed by atoms with E-state index in [1.165, 1.54) is 4.68 Å².